The van der Waals surface area contributed by atoms with Gasteiger partial charge in [-0.3, -0.25) is 4.79 Å². The minimum Gasteiger partial charge on any atom is -0.372 e. The third-order valence-corrected chi connectivity index (χ3v) is 2.14. The first kappa shape index (κ1) is 12.4. The second kappa shape index (κ2) is 5.39. The zero-order valence-corrected chi connectivity index (χ0v) is 10.2. The van der Waals surface area contributed by atoms with Crippen LogP contribution in [0.3, 0.4) is 0 Å². The van der Waals surface area contributed by atoms with Crippen molar-refractivity contribution in [2.75, 3.05) is 27.7 Å². The van der Waals surface area contributed by atoms with Gasteiger partial charge in [-0.15, -0.1) is 0 Å². The molecule has 0 aromatic rings. The van der Waals surface area contributed by atoms with E-state index in [0.717, 1.165) is 12.4 Å². The highest BCUT2D eigenvalue weighted by molar-refractivity contribution is 5.90. The van der Waals surface area contributed by atoms with E-state index < -0.39 is 6.04 Å². The predicted molar refractivity (Wildman–Crippen MR) is 63.9 cm³/mol. The van der Waals surface area contributed by atoms with Gasteiger partial charge in [0.25, 0.3) is 0 Å². The normalized spacial score (nSPS) is 19.1. The monoisotopic (exact) mass is 225 g/mol. The Morgan fingerprint density at radius 1 is 1.62 bits per heavy atom. The van der Waals surface area contributed by atoms with Crippen LogP contribution in [0.2, 0.25) is 0 Å². The third-order valence-electron chi connectivity index (χ3n) is 2.14. The van der Waals surface area contributed by atoms with Crippen LogP contribution in [-0.2, 0) is 4.79 Å². The highest BCUT2D eigenvalue weighted by Gasteiger charge is 2.21. The first-order valence-corrected chi connectivity index (χ1v) is 5.28. The summed E-state index contributed by atoms with van der Waals surface area (Å²) in [5.74, 6) is 1.37. The van der Waals surface area contributed by atoms with Gasteiger partial charge >= 0.3 is 0 Å². The van der Waals surface area contributed by atoms with Gasteiger partial charge in [0.15, 0.2) is 12.0 Å². The largest absolute Gasteiger partial charge is 0.372 e. The van der Waals surface area contributed by atoms with Crippen LogP contribution >= 0.6 is 0 Å². The quantitative estimate of drug-likeness (QED) is 0.580. The molecule has 0 bridgehead atoms. The van der Waals surface area contributed by atoms with E-state index in [1.165, 1.54) is 0 Å². The van der Waals surface area contributed by atoms with E-state index in [9.17, 15) is 4.79 Å². The fourth-order valence-corrected chi connectivity index (χ4v) is 1.32. The van der Waals surface area contributed by atoms with E-state index in [0.29, 0.717) is 5.96 Å². The van der Waals surface area contributed by atoms with Crippen molar-refractivity contribution in [2.45, 2.75) is 13.0 Å². The Bertz CT molecular complexity index is 321. The van der Waals surface area contributed by atoms with E-state index >= 15 is 0 Å². The SMILES string of the molecule is CCNC1=CC(C(=O)NC)N=C(N(C)C)N1. The van der Waals surface area contributed by atoms with Crippen molar-refractivity contribution in [3.05, 3.63) is 11.9 Å². The number of nitrogens with zero attached hydrogens (tertiary/aromatic N) is 2. The van der Waals surface area contributed by atoms with Crippen LogP contribution in [0, 0.1) is 0 Å². The van der Waals surface area contributed by atoms with Crippen molar-refractivity contribution >= 4 is 11.9 Å². The van der Waals surface area contributed by atoms with Crippen LogP contribution in [-0.4, -0.2) is 50.5 Å². The molecule has 0 spiro atoms. The van der Waals surface area contributed by atoms with E-state index in [2.05, 4.69) is 20.9 Å². The van der Waals surface area contributed by atoms with Gasteiger partial charge in [-0.25, -0.2) is 4.99 Å². The maximum absolute atomic E-state index is 11.5. The third kappa shape index (κ3) is 2.88. The topological polar surface area (TPSA) is 68.8 Å². The molecule has 6 heteroatoms. The number of rotatable bonds is 3. The number of hydrogen-bond acceptors (Lipinski definition) is 5. The van der Waals surface area contributed by atoms with E-state index in [1.807, 2.05) is 25.9 Å². The Kier molecular flexibility index (Phi) is 4.16. The van der Waals surface area contributed by atoms with Gasteiger partial charge in [-0.1, -0.05) is 0 Å². The molecule has 0 aliphatic carbocycles. The molecule has 0 radical (unpaired) electrons. The van der Waals surface area contributed by atoms with Crippen LogP contribution in [0.4, 0.5) is 0 Å². The lowest BCUT2D eigenvalue weighted by Crippen LogP contribution is -2.46. The Morgan fingerprint density at radius 2 is 2.31 bits per heavy atom. The zero-order chi connectivity index (χ0) is 12.1. The second-order valence-electron chi connectivity index (χ2n) is 3.64. The second-order valence-corrected chi connectivity index (χ2v) is 3.64. The molecule has 1 aliphatic heterocycles. The van der Waals surface area contributed by atoms with Gasteiger partial charge in [0.2, 0.25) is 5.91 Å². The minimum atomic E-state index is -0.474. The van der Waals surface area contributed by atoms with Crippen molar-refractivity contribution in [3.63, 3.8) is 0 Å². The molecule has 0 aromatic heterocycles. The van der Waals surface area contributed by atoms with Crippen molar-refractivity contribution in [2.24, 2.45) is 4.99 Å². The number of nitrogens with one attached hydrogen (secondary N) is 3. The van der Waals surface area contributed by atoms with Crippen molar-refractivity contribution < 1.29 is 4.79 Å². The summed E-state index contributed by atoms with van der Waals surface area (Å²) in [6.07, 6.45) is 1.77. The smallest absolute Gasteiger partial charge is 0.248 e. The van der Waals surface area contributed by atoms with Crippen LogP contribution in [0.5, 0.6) is 0 Å². The van der Waals surface area contributed by atoms with Gasteiger partial charge < -0.3 is 20.9 Å². The lowest BCUT2D eigenvalue weighted by molar-refractivity contribution is -0.120. The summed E-state index contributed by atoms with van der Waals surface area (Å²) >= 11 is 0. The molecule has 0 fully saturated rings. The Morgan fingerprint density at radius 3 is 2.81 bits per heavy atom. The molecule has 1 rings (SSSR count). The number of aliphatic imine (C=N–C) groups is 1. The molecular weight excluding hydrogens is 206 g/mol. The molecular formula is C10H19N5O. The highest BCUT2D eigenvalue weighted by Crippen LogP contribution is 2.04. The molecule has 1 heterocycles. The molecule has 1 aliphatic rings. The maximum atomic E-state index is 11.5. The molecule has 1 unspecified atom stereocenters. The van der Waals surface area contributed by atoms with E-state index in [4.69, 9.17) is 0 Å². The summed E-state index contributed by atoms with van der Waals surface area (Å²) in [6.45, 7) is 2.79. The first-order valence-electron chi connectivity index (χ1n) is 5.28. The van der Waals surface area contributed by atoms with Gasteiger partial charge in [-0.2, -0.15) is 0 Å². The Labute approximate surface area is 95.8 Å². The number of carbonyl (C=O) groups excluding carboxylic acids is 1. The maximum Gasteiger partial charge on any atom is 0.248 e. The van der Waals surface area contributed by atoms with Crippen LogP contribution < -0.4 is 16.0 Å². The average molecular weight is 225 g/mol. The van der Waals surface area contributed by atoms with Crippen molar-refractivity contribution in [1.29, 1.82) is 0 Å². The summed E-state index contributed by atoms with van der Waals surface area (Å²) < 4.78 is 0. The van der Waals surface area contributed by atoms with Gasteiger partial charge in [-0.05, 0) is 13.0 Å². The summed E-state index contributed by atoms with van der Waals surface area (Å²) in [5.41, 5.74) is 0. The fourth-order valence-electron chi connectivity index (χ4n) is 1.32. The first-order chi connectivity index (χ1) is 7.58. The van der Waals surface area contributed by atoms with Crippen molar-refractivity contribution in [3.8, 4) is 0 Å². The van der Waals surface area contributed by atoms with Crippen LogP contribution in [0.25, 0.3) is 0 Å². The Balaban J connectivity index is 2.86. The van der Waals surface area contributed by atoms with Gasteiger partial charge in [0.1, 0.15) is 5.82 Å². The summed E-state index contributed by atoms with van der Waals surface area (Å²) in [4.78, 5) is 17.7. The number of carbonyl (C=O) groups is 1. The zero-order valence-electron chi connectivity index (χ0n) is 10.2. The highest BCUT2D eigenvalue weighted by atomic mass is 16.2. The molecule has 0 aromatic carbocycles. The molecule has 0 saturated carbocycles. The fraction of sp³-hybridized carbons (Fsp3) is 0.600. The molecule has 3 N–H and O–H groups in total. The van der Waals surface area contributed by atoms with E-state index in [1.54, 1.807) is 13.1 Å². The number of amides is 1. The number of guanidine groups is 1. The van der Waals surface area contributed by atoms with Crippen molar-refractivity contribution in [1.82, 2.24) is 20.9 Å². The lowest BCUT2D eigenvalue weighted by Gasteiger charge is -2.25. The van der Waals surface area contributed by atoms with E-state index in [-0.39, 0.29) is 5.91 Å². The predicted octanol–water partition coefficient (Wildman–Crippen LogP) is -0.927. The molecule has 1 amide bonds. The summed E-state index contributed by atoms with van der Waals surface area (Å²) in [7, 11) is 5.36. The Hall–Kier alpha value is -1.72. The summed E-state index contributed by atoms with van der Waals surface area (Å²) in [5, 5.41) is 8.84. The molecule has 6 nitrogen and oxygen atoms in total. The lowest BCUT2D eigenvalue weighted by atomic mass is 10.2. The minimum absolute atomic E-state index is 0.115. The van der Waals surface area contributed by atoms with Crippen LogP contribution in [0.1, 0.15) is 6.92 Å². The van der Waals surface area contributed by atoms with Gasteiger partial charge in [0, 0.05) is 27.7 Å². The average Bonchev–Trinajstić information content (AvgIpc) is 2.28. The number of hydrogen-bond donors (Lipinski definition) is 3. The molecule has 90 valence electrons. The van der Waals surface area contributed by atoms with Crippen LogP contribution in [0.15, 0.2) is 16.9 Å². The number of likely N-dealkylation sites (N-methyl/N-ethyl adjacent to an activating group) is 1. The standard InChI is InChI=1S/C10H19N5O/c1-5-12-8-6-7(9(16)11-2)13-10(14-8)15(3)4/h6-7,12H,5H2,1-4H3,(H,11,16)(H,13,14). The summed E-state index contributed by atoms with van der Waals surface area (Å²) in [6, 6.07) is -0.474. The van der Waals surface area contributed by atoms with Gasteiger partial charge in [0.05, 0.1) is 0 Å². The molecule has 0 saturated heterocycles. The molecule has 1 atom stereocenters. The molecule has 16 heavy (non-hydrogen) atoms.